The van der Waals surface area contributed by atoms with Crippen molar-refractivity contribution in [2.75, 3.05) is 7.11 Å². The summed E-state index contributed by atoms with van der Waals surface area (Å²) in [7, 11) is 1.35. The lowest BCUT2D eigenvalue weighted by molar-refractivity contribution is 0.384. The van der Waals surface area contributed by atoms with Crippen molar-refractivity contribution < 1.29 is 9.13 Å². The zero-order chi connectivity index (χ0) is 9.30. The summed E-state index contributed by atoms with van der Waals surface area (Å²) in [6, 6.07) is 1.10. The molecule has 1 rings (SSSR count). The zero-order valence-electron chi connectivity index (χ0n) is 6.00. The Kier molecular flexibility index (Phi) is 3.21. The first kappa shape index (κ1) is 10.1. The highest BCUT2D eigenvalue weighted by molar-refractivity contribution is 9.10. The molecule has 66 valence electrons. The van der Waals surface area contributed by atoms with Crippen LogP contribution in [0.1, 0.15) is 0 Å². The van der Waals surface area contributed by atoms with E-state index < -0.39 is 5.82 Å². The van der Waals surface area contributed by atoms with Gasteiger partial charge in [0, 0.05) is 0 Å². The lowest BCUT2D eigenvalue weighted by Crippen LogP contribution is -1.90. The van der Waals surface area contributed by atoms with Crippen LogP contribution in [0.25, 0.3) is 0 Å². The summed E-state index contributed by atoms with van der Waals surface area (Å²) in [5, 5.41) is 0.400. The third kappa shape index (κ3) is 1.68. The Hall–Kier alpha value is 0.01000. The first-order valence-electron chi connectivity index (χ1n) is 2.95. The largest absolute Gasteiger partial charge is 0.492 e. The van der Waals surface area contributed by atoms with Gasteiger partial charge in [0.1, 0.15) is 0 Å². The molecule has 0 amide bonds. The summed E-state index contributed by atoms with van der Waals surface area (Å²) < 4.78 is 18.1. The maximum Gasteiger partial charge on any atom is 0.170 e. The Morgan fingerprint density at radius 2 is 2.08 bits per heavy atom. The molecular formula is C7H4BrCl2FO. The molecule has 12 heavy (non-hydrogen) atoms. The Morgan fingerprint density at radius 1 is 1.50 bits per heavy atom. The van der Waals surface area contributed by atoms with E-state index in [9.17, 15) is 4.39 Å². The van der Waals surface area contributed by atoms with Crippen molar-refractivity contribution in [1.82, 2.24) is 0 Å². The molecule has 0 heterocycles. The maximum atomic E-state index is 13.0. The Balaban J connectivity index is 3.40. The number of halogens is 4. The molecule has 0 aliphatic carbocycles. The van der Waals surface area contributed by atoms with Crippen LogP contribution in [-0.4, -0.2) is 7.11 Å². The highest BCUT2D eigenvalue weighted by Crippen LogP contribution is 2.39. The molecule has 0 aliphatic heterocycles. The molecule has 0 aromatic heterocycles. The standard InChI is InChI=1S/C7H4BrCl2FO/c1-12-7-4(11)2-3(9)6(10)5(7)8/h2H,1H3. The van der Waals surface area contributed by atoms with E-state index in [0.717, 1.165) is 6.07 Å². The number of rotatable bonds is 1. The molecule has 0 saturated carbocycles. The van der Waals surface area contributed by atoms with Crippen molar-refractivity contribution in [3.63, 3.8) is 0 Å². The van der Waals surface area contributed by atoms with Crippen LogP contribution in [0.15, 0.2) is 10.5 Å². The second-order valence-electron chi connectivity index (χ2n) is 2.00. The maximum absolute atomic E-state index is 13.0. The topological polar surface area (TPSA) is 9.23 Å². The molecule has 0 fully saturated rings. The summed E-state index contributed by atoms with van der Waals surface area (Å²) in [6.07, 6.45) is 0. The van der Waals surface area contributed by atoms with Crippen LogP contribution in [-0.2, 0) is 0 Å². The Morgan fingerprint density at radius 3 is 2.58 bits per heavy atom. The average molecular weight is 274 g/mol. The fourth-order valence-corrected chi connectivity index (χ4v) is 1.75. The van der Waals surface area contributed by atoms with Gasteiger partial charge in [0.15, 0.2) is 11.6 Å². The molecule has 0 aliphatic rings. The Bertz CT molecular complexity index is 317. The molecule has 0 atom stereocenters. The number of ether oxygens (including phenoxy) is 1. The van der Waals surface area contributed by atoms with Crippen LogP contribution in [0.3, 0.4) is 0 Å². The molecule has 0 radical (unpaired) electrons. The van der Waals surface area contributed by atoms with Crippen molar-refractivity contribution in [3.8, 4) is 5.75 Å². The summed E-state index contributed by atoms with van der Waals surface area (Å²) >= 11 is 14.4. The fraction of sp³-hybridized carbons (Fsp3) is 0.143. The van der Waals surface area contributed by atoms with E-state index in [1.165, 1.54) is 7.11 Å². The van der Waals surface area contributed by atoms with Crippen molar-refractivity contribution in [2.45, 2.75) is 0 Å². The number of methoxy groups -OCH3 is 1. The molecule has 0 spiro atoms. The third-order valence-corrected chi connectivity index (χ3v) is 3.05. The van der Waals surface area contributed by atoms with Crippen LogP contribution in [0, 0.1) is 5.82 Å². The van der Waals surface area contributed by atoms with Crippen molar-refractivity contribution in [2.24, 2.45) is 0 Å². The minimum Gasteiger partial charge on any atom is -0.492 e. The van der Waals surface area contributed by atoms with Gasteiger partial charge >= 0.3 is 0 Å². The first-order valence-corrected chi connectivity index (χ1v) is 4.49. The van der Waals surface area contributed by atoms with Gasteiger partial charge in [-0.05, 0) is 22.0 Å². The quantitative estimate of drug-likeness (QED) is 0.557. The van der Waals surface area contributed by atoms with E-state index in [1.807, 2.05) is 0 Å². The Labute approximate surface area is 87.5 Å². The molecule has 0 bridgehead atoms. The lowest BCUT2D eigenvalue weighted by Gasteiger charge is -2.06. The van der Waals surface area contributed by atoms with Gasteiger partial charge in [0.05, 0.1) is 21.6 Å². The first-order chi connectivity index (χ1) is 5.57. The summed E-state index contributed by atoms with van der Waals surface area (Å²) in [6.45, 7) is 0. The fourth-order valence-electron chi connectivity index (χ4n) is 0.737. The van der Waals surface area contributed by atoms with Crippen molar-refractivity contribution in [3.05, 3.63) is 26.4 Å². The van der Waals surface area contributed by atoms with Gasteiger partial charge in [-0.15, -0.1) is 0 Å². The number of hydrogen-bond acceptors (Lipinski definition) is 1. The highest BCUT2D eigenvalue weighted by Gasteiger charge is 2.14. The molecular weight excluding hydrogens is 270 g/mol. The monoisotopic (exact) mass is 272 g/mol. The van der Waals surface area contributed by atoms with E-state index in [4.69, 9.17) is 27.9 Å². The summed E-state index contributed by atoms with van der Waals surface area (Å²) in [5.41, 5.74) is 0. The number of hydrogen-bond donors (Lipinski definition) is 0. The SMILES string of the molecule is COc1c(F)cc(Cl)c(Cl)c1Br. The predicted octanol–water partition coefficient (Wildman–Crippen LogP) is 3.90. The lowest BCUT2D eigenvalue weighted by atomic mass is 10.3. The summed E-state index contributed by atoms with van der Waals surface area (Å²) in [5.74, 6) is -0.483. The van der Waals surface area contributed by atoms with Crippen molar-refractivity contribution >= 4 is 39.1 Å². The molecule has 5 heteroatoms. The van der Waals surface area contributed by atoms with Crippen LogP contribution in [0.5, 0.6) is 5.75 Å². The van der Waals surface area contributed by atoms with Gasteiger partial charge in [-0.2, -0.15) is 0 Å². The molecule has 0 saturated heterocycles. The van der Waals surface area contributed by atoms with Gasteiger partial charge in [-0.1, -0.05) is 23.2 Å². The molecule has 0 N–H and O–H groups in total. The molecule has 1 nitrogen and oxygen atoms in total. The molecule has 1 aromatic carbocycles. The number of benzene rings is 1. The smallest absolute Gasteiger partial charge is 0.170 e. The highest BCUT2D eigenvalue weighted by atomic mass is 79.9. The van der Waals surface area contributed by atoms with Crippen LogP contribution in [0.2, 0.25) is 10.0 Å². The van der Waals surface area contributed by atoms with Gasteiger partial charge in [-0.3, -0.25) is 0 Å². The zero-order valence-corrected chi connectivity index (χ0v) is 9.10. The van der Waals surface area contributed by atoms with Crippen LogP contribution >= 0.6 is 39.1 Å². The third-order valence-electron chi connectivity index (χ3n) is 1.28. The molecule has 0 unspecified atom stereocenters. The predicted molar refractivity (Wildman–Crippen MR) is 50.7 cm³/mol. The van der Waals surface area contributed by atoms with Gasteiger partial charge in [0.2, 0.25) is 0 Å². The minimum absolute atomic E-state index is 0.0596. The van der Waals surface area contributed by atoms with Crippen molar-refractivity contribution in [1.29, 1.82) is 0 Å². The summed E-state index contributed by atoms with van der Waals surface area (Å²) in [4.78, 5) is 0. The van der Waals surface area contributed by atoms with Crippen LogP contribution < -0.4 is 4.74 Å². The minimum atomic E-state index is -0.543. The van der Waals surface area contributed by atoms with E-state index >= 15 is 0 Å². The van der Waals surface area contributed by atoms with Gasteiger partial charge < -0.3 is 4.74 Å². The second-order valence-corrected chi connectivity index (χ2v) is 3.58. The van der Waals surface area contributed by atoms with E-state index in [-0.39, 0.29) is 15.8 Å². The van der Waals surface area contributed by atoms with Gasteiger partial charge in [0.25, 0.3) is 0 Å². The van der Waals surface area contributed by atoms with E-state index in [1.54, 1.807) is 0 Å². The molecule has 1 aromatic rings. The average Bonchev–Trinajstić information content (AvgIpc) is 2.01. The normalized spacial score (nSPS) is 10.1. The van der Waals surface area contributed by atoms with E-state index in [0.29, 0.717) is 4.47 Å². The second kappa shape index (κ2) is 3.81. The van der Waals surface area contributed by atoms with Gasteiger partial charge in [-0.25, -0.2) is 4.39 Å². The van der Waals surface area contributed by atoms with E-state index in [2.05, 4.69) is 15.9 Å². The van der Waals surface area contributed by atoms with Crippen LogP contribution in [0.4, 0.5) is 4.39 Å².